The van der Waals surface area contributed by atoms with Gasteiger partial charge in [0.2, 0.25) is 0 Å². The van der Waals surface area contributed by atoms with E-state index in [2.05, 4.69) is 20.9 Å². The highest BCUT2D eigenvalue weighted by Crippen LogP contribution is 2.00. The van der Waals surface area contributed by atoms with Crippen LogP contribution in [0.5, 0.6) is 0 Å². The van der Waals surface area contributed by atoms with Crippen LogP contribution in [-0.2, 0) is 28.3 Å². The summed E-state index contributed by atoms with van der Waals surface area (Å²) in [6, 6.07) is 0. The smallest absolute Gasteiger partial charge is 0.375 e. The summed E-state index contributed by atoms with van der Waals surface area (Å²) in [5.41, 5.74) is 0. The first kappa shape index (κ1) is 23.6. The number of ether oxygens (including phenoxy) is 2. The summed E-state index contributed by atoms with van der Waals surface area (Å²) in [5, 5.41) is 0. The van der Waals surface area contributed by atoms with Crippen LogP contribution in [0.3, 0.4) is 0 Å². The van der Waals surface area contributed by atoms with Crippen molar-refractivity contribution in [3.63, 3.8) is 0 Å². The van der Waals surface area contributed by atoms with Gasteiger partial charge >= 0.3 is 10.4 Å². The molecular formula is C11H27NO6S. The van der Waals surface area contributed by atoms with Crippen molar-refractivity contribution in [1.82, 2.24) is 0 Å². The van der Waals surface area contributed by atoms with Gasteiger partial charge in [-0.15, -0.1) is 6.58 Å². The van der Waals surface area contributed by atoms with Crippen LogP contribution in [0.15, 0.2) is 12.7 Å². The molecule has 0 aliphatic heterocycles. The molecule has 0 aromatic rings. The first-order valence-electron chi connectivity index (χ1n) is 5.13. The van der Waals surface area contributed by atoms with Gasteiger partial charge in [0.15, 0.2) is 0 Å². The fourth-order valence-corrected chi connectivity index (χ4v) is 1.27. The van der Waals surface area contributed by atoms with E-state index in [-0.39, 0.29) is 34.2 Å². The zero-order valence-corrected chi connectivity index (χ0v) is 10.6. The summed E-state index contributed by atoms with van der Waals surface area (Å²) in [7, 11) is -4.09. The number of nitrogens with two attached hydrogens (primary N) is 1. The molecule has 0 rings (SSSR count). The van der Waals surface area contributed by atoms with Crippen LogP contribution >= 0.6 is 0 Å². The average molecular weight is 301 g/mol. The lowest BCUT2D eigenvalue weighted by Gasteiger charge is -2.15. The predicted molar refractivity (Wildman–Crippen MR) is 74.7 cm³/mol. The minimum absolute atomic E-state index is 0. The minimum atomic E-state index is -4.09. The molecule has 0 spiro atoms. The van der Waals surface area contributed by atoms with Crippen LogP contribution in [0.25, 0.3) is 0 Å². The summed E-state index contributed by atoms with van der Waals surface area (Å²) >= 11 is 0. The van der Waals surface area contributed by atoms with Crippen LogP contribution < -0.4 is 5.90 Å². The Kier molecular flexibility index (Phi) is 17.3. The molecule has 1 unspecified atom stereocenters. The van der Waals surface area contributed by atoms with Crippen molar-refractivity contribution >= 4 is 10.4 Å². The predicted octanol–water partition coefficient (Wildman–Crippen LogP) is 1.41. The van der Waals surface area contributed by atoms with E-state index in [0.717, 1.165) is 6.42 Å². The molecular weight excluding hydrogens is 274 g/mol. The van der Waals surface area contributed by atoms with Gasteiger partial charge in [0.05, 0.1) is 32.5 Å². The SMILES string of the molecule is C.C.C=CCOCC(CC)OCCOS(=O)(=O)ON. The maximum Gasteiger partial charge on any atom is 0.415 e. The third-order valence-electron chi connectivity index (χ3n) is 1.78. The average Bonchev–Trinajstić information content (AvgIpc) is 2.32. The van der Waals surface area contributed by atoms with Crippen LogP contribution in [0.1, 0.15) is 28.2 Å². The van der Waals surface area contributed by atoms with Crippen molar-refractivity contribution in [3.8, 4) is 0 Å². The van der Waals surface area contributed by atoms with E-state index in [1.54, 1.807) is 6.08 Å². The van der Waals surface area contributed by atoms with E-state index >= 15 is 0 Å². The van der Waals surface area contributed by atoms with Crippen molar-refractivity contribution in [2.24, 2.45) is 5.90 Å². The Labute approximate surface area is 117 Å². The normalized spacial score (nSPS) is 12.1. The fraction of sp³-hybridized carbons (Fsp3) is 0.818. The lowest BCUT2D eigenvalue weighted by molar-refractivity contribution is -0.0216. The van der Waals surface area contributed by atoms with Crippen LogP contribution in [0, 0.1) is 0 Å². The first-order chi connectivity index (χ1) is 8.05. The molecule has 0 aromatic carbocycles. The second-order valence-corrected chi connectivity index (χ2v) is 4.30. The third-order valence-corrected chi connectivity index (χ3v) is 2.47. The van der Waals surface area contributed by atoms with Crippen LogP contribution in [-0.4, -0.2) is 40.9 Å². The van der Waals surface area contributed by atoms with E-state index in [1.165, 1.54) is 0 Å². The largest absolute Gasteiger partial charge is 0.415 e. The molecule has 118 valence electrons. The van der Waals surface area contributed by atoms with E-state index < -0.39 is 10.4 Å². The van der Waals surface area contributed by atoms with Crippen molar-refractivity contribution in [3.05, 3.63) is 12.7 Å². The number of hydrogen-bond acceptors (Lipinski definition) is 7. The van der Waals surface area contributed by atoms with Gasteiger partial charge in [0.1, 0.15) is 0 Å². The Bertz CT molecular complexity index is 294. The van der Waals surface area contributed by atoms with Gasteiger partial charge < -0.3 is 9.47 Å². The monoisotopic (exact) mass is 301 g/mol. The second kappa shape index (κ2) is 13.9. The quantitative estimate of drug-likeness (QED) is 0.350. The molecule has 0 amide bonds. The third kappa shape index (κ3) is 13.7. The molecule has 19 heavy (non-hydrogen) atoms. The molecule has 0 bridgehead atoms. The van der Waals surface area contributed by atoms with E-state index in [4.69, 9.17) is 9.47 Å². The summed E-state index contributed by atoms with van der Waals surface area (Å²) in [5.74, 6) is 4.47. The Hall–Kier alpha value is -0.510. The summed E-state index contributed by atoms with van der Waals surface area (Å²) in [6.07, 6.45) is 2.28. The minimum Gasteiger partial charge on any atom is -0.375 e. The van der Waals surface area contributed by atoms with Crippen molar-refractivity contribution in [2.45, 2.75) is 34.3 Å². The molecule has 1 atom stereocenters. The van der Waals surface area contributed by atoms with Crippen molar-refractivity contribution in [1.29, 1.82) is 0 Å². The molecule has 0 radical (unpaired) electrons. The molecule has 0 fully saturated rings. The molecule has 2 N–H and O–H groups in total. The highest BCUT2D eigenvalue weighted by molar-refractivity contribution is 7.81. The van der Waals surface area contributed by atoms with Crippen molar-refractivity contribution in [2.75, 3.05) is 26.4 Å². The molecule has 0 aliphatic carbocycles. The van der Waals surface area contributed by atoms with E-state index in [9.17, 15) is 8.42 Å². The number of rotatable bonds is 11. The highest BCUT2D eigenvalue weighted by atomic mass is 32.3. The fourth-order valence-electron chi connectivity index (χ4n) is 0.945. The molecule has 0 saturated carbocycles. The van der Waals surface area contributed by atoms with E-state index in [0.29, 0.717) is 13.2 Å². The molecule has 0 saturated heterocycles. The van der Waals surface area contributed by atoms with E-state index in [1.807, 2.05) is 6.92 Å². The zero-order chi connectivity index (χ0) is 13.1. The Morgan fingerprint density at radius 1 is 1.32 bits per heavy atom. The van der Waals surface area contributed by atoms with Gasteiger partial charge in [-0.1, -0.05) is 27.9 Å². The maximum absolute atomic E-state index is 10.7. The highest BCUT2D eigenvalue weighted by Gasteiger charge is 2.11. The van der Waals surface area contributed by atoms with Gasteiger partial charge in [-0.2, -0.15) is 18.6 Å². The van der Waals surface area contributed by atoms with Gasteiger partial charge in [-0.05, 0) is 6.42 Å². The molecule has 0 heterocycles. The summed E-state index contributed by atoms with van der Waals surface area (Å²) < 4.78 is 39.8. The Balaban J connectivity index is -0.00000128. The standard InChI is InChI=1S/C9H19NO6S.2CH4/c1-3-5-13-8-9(4-2)14-6-7-15-17(11,12)16-10;;/h3,9H,1,4-8,10H2,2H3;2*1H4. The van der Waals surface area contributed by atoms with Gasteiger partial charge in [-0.25, -0.2) is 4.18 Å². The second-order valence-electron chi connectivity index (χ2n) is 3.05. The van der Waals surface area contributed by atoms with Gasteiger partial charge in [0, 0.05) is 0 Å². The zero-order valence-electron chi connectivity index (χ0n) is 9.83. The molecule has 0 aromatic heterocycles. The van der Waals surface area contributed by atoms with Gasteiger partial charge in [-0.3, -0.25) is 0 Å². The Morgan fingerprint density at radius 3 is 2.42 bits per heavy atom. The summed E-state index contributed by atoms with van der Waals surface area (Å²) in [6.45, 7) is 6.27. The Morgan fingerprint density at radius 2 is 1.95 bits per heavy atom. The molecule has 8 heteroatoms. The summed E-state index contributed by atoms with van der Waals surface area (Å²) in [4.78, 5) is 0. The van der Waals surface area contributed by atoms with Crippen LogP contribution in [0.2, 0.25) is 0 Å². The number of hydrogen-bond donors (Lipinski definition) is 1. The van der Waals surface area contributed by atoms with Crippen LogP contribution in [0.4, 0.5) is 0 Å². The molecule has 7 nitrogen and oxygen atoms in total. The topological polar surface area (TPSA) is 97.1 Å². The lowest BCUT2D eigenvalue weighted by Crippen LogP contribution is -2.23. The first-order valence-corrected chi connectivity index (χ1v) is 6.47. The maximum atomic E-state index is 10.7. The van der Waals surface area contributed by atoms with Crippen molar-refractivity contribution < 1.29 is 26.4 Å². The lowest BCUT2D eigenvalue weighted by atomic mass is 10.3. The van der Waals surface area contributed by atoms with Gasteiger partial charge in [0.25, 0.3) is 0 Å². The molecule has 0 aliphatic rings.